The molecule has 0 aliphatic heterocycles. The molecular formula is C12H18ClN3O2. The fraction of sp³-hybridized carbons (Fsp3) is 0.417. The Balaban J connectivity index is 2.61. The van der Waals surface area contributed by atoms with Gasteiger partial charge in [0.05, 0.1) is 24.5 Å². The van der Waals surface area contributed by atoms with Gasteiger partial charge in [-0.15, -0.1) is 0 Å². The van der Waals surface area contributed by atoms with E-state index in [1.807, 2.05) is 11.8 Å². The van der Waals surface area contributed by atoms with Crippen LogP contribution in [0, 0.1) is 0 Å². The van der Waals surface area contributed by atoms with E-state index in [9.17, 15) is 4.79 Å². The molecule has 1 rings (SSSR count). The lowest BCUT2D eigenvalue weighted by Crippen LogP contribution is -2.35. The molecule has 18 heavy (non-hydrogen) atoms. The molecule has 1 aromatic rings. The lowest BCUT2D eigenvalue weighted by molar-refractivity contribution is -0.117. The molecule has 0 fully saturated rings. The number of aliphatic hydroxyl groups excluding tert-OH is 1. The molecule has 1 aromatic carbocycles. The summed E-state index contributed by atoms with van der Waals surface area (Å²) in [5.74, 6) is -0.181. The maximum atomic E-state index is 11.8. The monoisotopic (exact) mass is 271 g/mol. The Labute approximate surface area is 112 Å². The number of anilines is 2. The van der Waals surface area contributed by atoms with Crippen LogP contribution >= 0.6 is 11.6 Å². The Morgan fingerprint density at radius 2 is 2.28 bits per heavy atom. The zero-order valence-electron chi connectivity index (χ0n) is 10.3. The van der Waals surface area contributed by atoms with Crippen LogP contribution in [0.5, 0.6) is 0 Å². The van der Waals surface area contributed by atoms with Crippen molar-refractivity contribution in [1.29, 1.82) is 0 Å². The molecule has 5 nitrogen and oxygen atoms in total. The largest absolute Gasteiger partial charge is 0.397 e. The minimum atomic E-state index is -0.181. The number of benzene rings is 1. The van der Waals surface area contributed by atoms with Crippen molar-refractivity contribution in [3.05, 3.63) is 23.2 Å². The molecule has 0 unspecified atom stereocenters. The first-order chi connectivity index (χ1) is 8.56. The Bertz CT molecular complexity index is 412. The van der Waals surface area contributed by atoms with Crippen LogP contribution in [0.25, 0.3) is 0 Å². The van der Waals surface area contributed by atoms with E-state index in [1.54, 1.807) is 18.2 Å². The number of carbonyl (C=O) groups is 1. The molecule has 0 bridgehead atoms. The van der Waals surface area contributed by atoms with Crippen molar-refractivity contribution in [2.75, 3.05) is 37.3 Å². The third-order valence-electron chi connectivity index (χ3n) is 2.52. The van der Waals surface area contributed by atoms with Crippen molar-refractivity contribution in [3.8, 4) is 0 Å². The Hall–Kier alpha value is -1.30. The highest BCUT2D eigenvalue weighted by atomic mass is 35.5. The van der Waals surface area contributed by atoms with Crippen LogP contribution in [0.3, 0.4) is 0 Å². The third-order valence-corrected chi connectivity index (χ3v) is 2.76. The summed E-state index contributed by atoms with van der Waals surface area (Å²) in [5.41, 5.74) is 6.71. The fourth-order valence-electron chi connectivity index (χ4n) is 1.52. The highest BCUT2D eigenvalue weighted by Gasteiger charge is 2.10. The molecular weight excluding hydrogens is 254 g/mol. The van der Waals surface area contributed by atoms with Gasteiger partial charge in [-0.3, -0.25) is 9.69 Å². The van der Waals surface area contributed by atoms with Gasteiger partial charge in [-0.1, -0.05) is 18.5 Å². The molecule has 4 N–H and O–H groups in total. The summed E-state index contributed by atoms with van der Waals surface area (Å²) in [5, 5.41) is 12.1. The van der Waals surface area contributed by atoms with Crippen molar-refractivity contribution in [2.24, 2.45) is 0 Å². The molecule has 0 aliphatic rings. The number of nitrogens with zero attached hydrogens (tertiary/aromatic N) is 1. The topological polar surface area (TPSA) is 78.6 Å². The van der Waals surface area contributed by atoms with Crippen molar-refractivity contribution >= 4 is 28.9 Å². The minimum Gasteiger partial charge on any atom is -0.397 e. The van der Waals surface area contributed by atoms with Crippen molar-refractivity contribution in [3.63, 3.8) is 0 Å². The molecule has 0 atom stereocenters. The molecule has 0 aromatic heterocycles. The van der Waals surface area contributed by atoms with E-state index >= 15 is 0 Å². The van der Waals surface area contributed by atoms with Crippen molar-refractivity contribution in [1.82, 2.24) is 4.90 Å². The number of halogens is 1. The number of rotatable bonds is 6. The number of aliphatic hydroxyl groups is 1. The molecule has 0 radical (unpaired) electrons. The van der Waals surface area contributed by atoms with E-state index in [2.05, 4.69) is 5.32 Å². The first kappa shape index (κ1) is 14.8. The standard InChI is InChI=1S/C12H18ClN3O2/c1-2-16(5-6-17)8-12(18)15-11-7-9(13)3-4-10(11)14/h3-4,7,17H,2,5-6,8,14H2,1H3,(H,15,18). The first-order valence-corrected chi connectivity index (χ1v) is 6.12. The predicted molar refractivity (Wildman–Crippen MR) is 73.7 cm³/mol. The molecule has 100 valence electrons. The maximum Gasteiger partial charge on any atom is 0.238 e. The number of likely N-dealkylation sites (N-methyl/N-ethyl adjacent to an activating group) is 1. The number of hydrogen-bond donors (Lipinski definition) is 3. The lowest BCUT2D eigenvalue weighted by atomic mass is 10.2. The maximum absolute atomic E-state index is 11.8. The van der Waals surface area contributed by atoms with Crippen LogP contribution in [0.2, 0.25) is 5.02 Å². The van der Waals surface area contributed by atoms with Gasteiger partial charge in [0.15, 0.2) is 0 Å². The molecule has 1 amide bonds. The lowest BCUT2D eigenvalue weighted by Gasteiger charge is -2.18. The number of nitrogens with one attached hydrogen (secondary N) is 1. The third kappa shape index (κ3) is 4.52. The molecule has 0 spiro atoms. The molecule has 0 saturated heterocycles. The van der Waals surface area contributed by atoms with E-state index in [4.69, 9.17) is 22.4 Å². The fourth-order valence-corrected chi connectivity index (χ4v) is 1.69. The number of nitrogen functional groups attached to an aromatic ring is 1. The molecule has 0 aliphatic carbocycles. The number of nitrogens with two attached hydrogens (primary N) is 1. The summed E-state index contributed by atoms with van der Waals surface area (Å²) in [4.78, 5) is 13.6. The van der Waals surface area contributed by atoms with Gasteiger partial charge >= 0.3 is 0 Å². The molecule has 6 heteroatoms. The van der Waals surface area contributed by atoms with Crippen LogP contribution in [0.1, 0.15) is 6.92 Å². The summed E-state index contributed by atoms with van der Waals surface area (Å²) in [6.45, 7) is 3.33. The zero-order valence-corrected chi connectivity index (χ0v) is 11.1. The summed E-state index contributed by atoms with van der Waals surface area (Å²) < 4.78 is 0. The number of carbonyl (C=O) groups excluding carboxylic acids is 1. The Kier molecular flexibility index (Phi) is 5.91. The van der Waals surface area contributed by atoms with Gasteiger partial charge in [0.1, 0.15) is 0 Å². The van der Waals surface area contributed by atoms with Gasteiger partial charge in [0.2, 0.25) is 5.91 Å². The van der Waals surface area contributed by atoms with Crippen LogP contribution in [0.4, 0.5) is 11.4 Å². The second-order valence-corrected chi connectivity index (χ2v) is 4.31. The van der Waals surface area contributed by atoms with Gasteiger partial charge in [-0.25, -0.2) is 0 Å². The summed E-state index contributed by atoms with van der Waals surface area (Å²) in [7, 11) is 0. The van der Waals surface area contributed by atoms with E-state index in [0.717, 1.165) is 0 Å². The quantitative estimate of drug-likeness (QED) is 0.679. The van der Waals surface area contributed by atoms with Crippen LogP contribution in [-0.2, 0) is 4.79 Å². The second kappa shape index (κ2) is 7.20. The van der Waals surface area contributed by atoms with Gasteiger partial charge in [0, 0.05) is 11.6 Å². The second-order valence-electron chi connectivity index (χ2n) is 3.87. The molecule has 0 heterocycles. The minimum absolute atomic E-state index is 0.0282. The SMILES string of the molecule is CCN(CCO)CC(=O)Nc1cc(Cl)ccc1N. The van der Waals surface area contributed by atoms with Gasteiger partial charge < -0.3 is 16.2 Å². The zero-order chi connectivity index (χ0) is 13.5. The Morgan fingerprint density at radius 3 is 2.89 bits per heavy atom. The number of amides is 1. The summed E-state index contributed by atoms with van der Waals surface area (Å²) >= 11 is 5.83. The highest BCUT2D eigenvalue weighted by molar-refractivity contribution is 6.31. The van der Waals surface area contributed by atoms with E-state index in [-0.39, 0.29) is 19.1 Å². The van der Waals surface area contributed by atoms with Crippen LogP contribution < -0.4 is 11.1 Å². The van der Waals surface area contributed by atoms with Gasteiger partial charge in [0.25, 0.3) is 0 Å². The van der Waals surface area contributed by atoms with Gasteiger partial charge in [-0.2, -0.15) is 0 Å². The number of hydrogen-bond acceptors (Lipinski definition) is 4. The smallest absolute Gasteiger partial charge is 0.238 e. The average Bonchev–Trinajstić information content (AvgIpc) is 2.33. The highest BCUT2D eigenvalue weighted by Crippen LogP contribution is 2.22. The van der Waals surface area contributed by atoms with E-state index in [0.29, 0.717) is 29.5 Å². The predicted octanol–water partition coefficient (Wildman–Crippen LogP) is 1.17. The van der Waals surface area contributed by atoms with Crippen molar-refractivity contribution < 1.29 is 9.90 Å². The average molecular weight is 272 g/mol. The van der Waals surface area contributed by atoms with E-state index in [1.165, 1.54) is 0 Å². The summed E-state index contributed by atoms with van der Waals surface area (Å²) in [6, 6.07) is 4.91. The van der Waals surface area contributed by atoms with Crippen molar-refractivity contribution in [2.45, 2.75) is 6.92 Å². The van der Waals surface area contributed by atoms with Crippen LogP contribution in [0.15, 0.2) is 18.2 Å². The van der Waals surface area contributed by atoms with Crippen LogP contribution in [-0.4, -0.2) is 42.2 Å². The Morgan fingerprint density at radius 1 is 1.56 bits per heavy atom. The normalized spacial score (nSPS) is 10.7. The van der Waals surface area contributed by atoms with Gasteiger partial charge in [-0.05, 0) is 24.7 Å². The summed E-state index contributed by atoms with van der Waals surface area (Å²) in [6.07, 6.45) is 0. The van der Waals surface area contributed by atoms with E-state index < -0.39 is 0 Å². The molecule has 0 saturated carbocycles. The first-order valence-electron chi connectivity index (χ1n) is 5.75.